The molecule has 0 saturated heterocycles. The molecular formula is C6H17NOSi. The van der Waals surface area contributed by atoms with Crippen molar-refractivity contribution < 1.29 is 4.43 Å². The zero-order valence-electron chi connectivity index (χ0n) is 6.85. The zero-order chi connectivity index (χ0) is 7.28. The Kier molecular flexibility index (Phi) is 5.04. The normalized spacial score (nSPS) is 14.7. The minimum absolute atomic E-state index is 0.326. The van der Waals surface area contributed by atoms with Crippen molar-refractivity contribution in [1.29, 1.82) is 0 Å². The Balaban J connectivity index is 3.50. The van der Waals surface area contributed by atoms with Gasteiger partial charge in [0.25, 0.3) is 0 Å². The summed E-state index contributed by atoms with van der Waals surface area (Å²) in [5.74, 6) is 0. The third-order valence-corrected chi connectivity index (χ3v) is 2.35. The first kappa shape index (κ1) is 9.14. The number of hydrogen-bond acceptors (Lipinski definition) is 2. The maximum absolute atomic E-state index is 5.26. The van der Waals surface area contributed by atoms with Gasteiger partial charge in [-0.15, -0.1) is 0 Å². The predicted molar refractivity (Wildman–Crippen MR) is 43.4 cm³/mol. The van der Waals surface area contributed by atoms with E-state index >= 15 is 0 Å². The van der Waals surface area contributed by atoms with Gasteiger partial charge in [-0.05, 0) is 20.0 Å². The molecule has 0 aromatic carbocycles. The van der Waals surface area contributed by atoms with Crippen LogP contribution in [-0.4, -0.2) is 34.7 Å². The highest BCUT2D eigenvalue weighted by atomic mass is 28.2. The lowest BCUT2D eigenvalue weighted by molar-refractivity contribution is 0.0559. The SMILES string of the molecule is CCN(CC)C(C)O[SiH3]. The molecule has 0 amide bonds. The summed E-state index contributed by atoms with van der Waals surface area (Å²) in [7, 11) is 0.838. The molecule has 0 aromatic heterocycles. The summed E-state index contributed by atoms with van der Waals surface area (Å²) in [5, 5.41) is 0. The third-order valence-electron chi connectivity index (χ3n) is 1.67. The summed E-state index contributed by atoms with van der Waals surface area (Å²) >= 11 is 0. The lowest BCUT2D eigenvalue weighted by Crippen LogP contribution is -2.34. The monoisotopic (exact) mass is 147 g/mol. The summed E-state index contributed by atoms with van der Waals surface area (Å²) in [6, 6.07) is 0. The van der Waals surface area contributed by atoms with Gasteiger partial charge in [-0.25, -0.2) is 0 Å². The van der Waals surface area contributed by atoms with Gasteiger partial charge >= 0.3 is 0 Å². The smallest absolute Gasteiger partial charge is 0.148 e. The van der Waals surface area contributed by atoms with Crippen molar-refractivity contribution in [3.05, 3.63) is 0 Å². The summed E-state index contributed by atoms with van der Waals surface area (Å²) < 4.78 is 5.26. The van der Waals surface area contributed by atoms with Gasteiger partial charge in [0.1, 0.15) is 10.5 Å². The molecule has 0 bridgehead atoms. The van der Waals surface area contributed by atoms with Crippen LogP contribution in [0.2, 0.25) is 0 Å². The van der Waals surface area contributed by atoms with Crippen molar-refractivity contribution >= 4 is 10.5 Å². The van der Waals surface area contributed by atoms with E-state index in [0.717, 1.165) is 23.6 Å². The van der Waals surface area contributed by atoms with Crippen LogP contribution in [0.1, 0.15) is 20.8 Å². The van der Waals surface area contributed by atoms with E-state index in [1.165, 1.54) is 0 Å². The molecule has 0 aliphatic heterocycles. The first-order valence-corrected chi connectivity index (χ1v) is 4.34. The Bertz CT molecular complexity index is 66.1. The molecule has 0 aliphatic carbocycles. The van der Waals surface area contributed by atoms with E-state index in [1.807, 2.05) is 0 Å². The van der Waals surface area contributed by atoms with Crippen LogP contribution >= 0.6 is 0 Å². The van der Waals surface area contributed by atoms with Crippen LogP contribution in [0.5, 0.6) is 0 Å². The summed E-state index contributed by atoms with van der Waals surface area (Å²) in [6.45, 7) is 8.57. The molecular weight excluding hydrogens is 130 g/mol. The fourth-order valence-corrected chi connectivity index (χ4v) is 1.19. The van der Waals surface area contributed by atoms with Crippen LogP contribution in [0.3, 0.4) is 0 Å². The van der Waals surface area contributed by atoms with Gasteiger partial charge in [0.05, 0.1) is 6.23 Å². The molecule has 2 nitrogen and oxygen atoms in total. The quantitative estimate of drug-likeness (QED) is 0.409. The lowest BCUT2D eigenvalue weighted by atomic mass is 10.5. The van der Waals surface area contributed by atoms with E-state index < -0.39 is 0 Å². The van der Waals surface area contributed by atoms with E-state index in [2.05, 4.69) is 25.7 Å². The molecule has 56 valence electrons. The van der Waals surface area contributed by atoms with Gasteiger partial charge in [-0.2, -0.15) is 0 Å². The molecule has 1 atom stereocenters. The molecule has 0 spiro atoms. The summed E-state index contributed by atoms with van der Waals surface area (Å²) in [4.78, 5) is 2.28. The molecule has 0 aromatic rings. The van der Waals surface area contributed by atoms with Crippen LogP contribution in [0.4, 0.5) is 0 Å². The Morgan fingerprint density at radius 2 is 1.89 bits per heavy atom. The van der Waals surface area contributed by atoms with Crippen LogP contribution in [0.15, 0.2) is 0 Å². The lowest BCUT2D eigenvalue weighted by Gasteiger charge is -2.24. The maximum atomic E-state index is 5.26. The zero-order valence-corrected chi connectivity index (χ0v) is 8.85. The van der Waals surface area contributed by atoms with Gasteiger partial charge in [0.2, 0.25) is 0 Å². The van der Waals surface area contributed by atoms with E-state index in [4.69, 9.17) is 4.43 Å². The maximum Gasteiger partial charge on any atom is 0.148 e. The minimum atomic E-state index is 0.326. The van der Waals surface area contributed by atoms with Crippen molar-refractivity contribution in [2.75, 3.05) is 13.1 Å². The molecule has 0 rings (SSSR count). The molecule has 3 heteroatoms. The van der Waals surface area contributed by atoms with Crippen LogP contribution < -0.4 is 0 Å². The molecule has 0 saturated carbocycles. The minimum Gasteiger partial charge on any atom is -0.413 e. The molecule has 0 aliphatic rings. The average Bonchev–Trinajstić information content (AvgIpc) is 1.90. The van der Waals surface area contributed by atoms with E-state index in [1.54, 1.807) is 0 Å². The van der Waals surface area contributed by atoms with Crippen molar-refractivity contribution in [1.82, 2.24) is 4.90 Å². The first-order chi connectivity index (χ1) is 4.26. The molecule has 9 heavy (non-hydrogen) atoms. The molecule has 1 unspecified atom stereocenters. The first-order valence-electron chi connectivity index (χ1n) is 3.53. The van der Waals surface area contributed by atoms with Gasteiger partial charge in [0, 0.05) is 0 Å². The van der Waals surface area contributed by atoms with E-state index in [9.17, 15) is 0 Å². The molecule has 0 N–H and O–H groups in total. The van der Waals surface area contributed by atoms with Gasteiger partial charge < -0.3 is 4.43 Å². The second-order valence-electron chi connectivity index (χ2n) is 2.06. The van der Waals surface area contributed by atoms with Gasteiger partial charge in [-0.1, -0.05) is 13.8 Å². The highest BCUT2D eigenvalue weighted by Crippen LogP contribution is 1.96. The highest BCUT2D eigenvalue weighted by molar-refractivity contribution is 5.98. The summed E-state index contributed by atoms with van der Waals surface area (Å²) in [5.41, 5.74) is 0. The van der Waals surface area contributed by atoms with Gasteiger partial charge in [-0.3, -0.25) is 4.90 Å². The van der Waals surface area contributed by atoms with Crippen molar-refractivity contribution in [3.8, 4) is 0 Å². The second kappa shape index (κ2) is 4.96. The standard InChI is InChI=1S/C6H17NOSi/c1-4-7(5-2)6(3)8-9/h6H,4-5H2,1-3,9H3. The third kappa shape index (κ3) is 2.98. The predicted octanol–water partition coefficient (Wildman–Crippen LogP) is -0.0288. The van der Waals surface area contributed by atoms with Crippen LogP contribution in [0, 0.1) is 0 Å². The Morgan fingerprint density at radius 1 is 1.44 bits per heavy atom. The topological polar surface area (TPSA) is 12.5 Å². The Morgan fingerprint density at radius 3 is 2.00 bits per heavy atom. The molecule has 0 radical (unpaired) electrons. The Hall–Kier alpha value is 0.137. The van der Waals surface area contributed by atoms with E-state index in [0.29, 0.717) is 6.23 Å². The van der Waals surface area contributed by atoms with Crippen molar-refractivity contribution in [2.45, 2.75) is 27.0 Å². The number of hydrogen-bond donors (Lipinski definition) is 0. The largest absolute Gasteiger partial charge is 0.413 e. The van der Waals surface area contributed by atoms with Crippen LogP contribution in [0.25, 0.3) is 0 Å². The second-order valence-corrected chi connectivity index (χ2v) is 2.53. The molecule has 0 fully saturated rings. The molecule has 0 heterocycles. The average molecular weight is 147 g/mol. The number of nitrogens with zero attached hydrogens (tertiary/aromatic N) is 1. The van der Waals surface area contributed by atoms with Crippen molar-refractivity contribution in [3.63, 3.8) is 0 Å². The number of rotatable bonds is 4. The summed E-state index contributed by atoms with van der Waals surface area (Å²) in [6.07, 6.45) is 0.326. The van der Waals surface area contributed by atoms with Gasteiger partial charge in [0.15, 0.2) is 0 Å². The van der Waals surface area contributed by atoms with E-state index in [-0.39, 0.29) is 0 Å². The fourth-order valence-electron chi connectivity index (χ4n) is 0.887. The van der Waals surface area contributed by atoms with Crippen LogP contribution in [-0.2, 0) is 4.43 Å². The Labute approximate surface area is 60.7 Å². The highest BCUT2D eigenvalue weighted by Gasteiger charge is 2.05. The fraction of sp³-hybridized carbons (Fsp3) is 1.00. The van der Waals surface area contributed by atoms with Crippen molar-refractivity contribution in [2.24, 2.45) is 0 Å².